The molecule has 1 rings (SSSR count). The second-order valence-electron chi connectivity index (χ2n) is 4.64. The van der Waals surface area contributed by atoms with Crippen molar-refractivity contribution < 1.29 is 28.4 Å². The van der Waals surface area contributed by atoms with E-state index in [1.54, 1.807) is 0 Å². The minimum absolute atomic E-state index is 0.0779. The maximum absolute atomic E-state index is 11.9. The lowest BCUT2D eigenvalue weighted by atomic mass is 10.2. The van der Waals surface area contributed by atoms with Crippen LogP contribution >= 0.6 is 0 Å². The summed E-state index contributed by atoms with van der Waals surface area (Å²) in [5.74, 6) is -0.281. The van der Waals surface area contributed by atoms with E-state index in [-0.39, 0.29) is 29.4 Å². The van der Waals surface area contributed by atoms with E-state index in [4.69, 9.17) is 4.74 Å². The smallest absolute Gasteiger partial charge is 0.232 e. The van der Waals surface area contributed by atoms with Crippen molar-refractivity contribution >= 4 is 33.0 Å². The molecule has 0 heterocycles. The molecule has 10 heteroatoms. The molecular formula is C13H19N3O6S. The molecule has 0 fully saturated rings. The standard InChI is InChI=1S/C13H19N3O6S/c1-5-6-15(23(4,20)21)11-8-13(22-3)10(14-9(2)17)7-12(11)16(18)19/h5,7-8,16,18H,1,6H2,2-4H3,(H,14,17). The van der Waals surface area contributed by atoms with Gasteiger partial charge in [0.1, 0.15) is 11.4 Å². The molecular weight excluding hydrogens is 326 g/mol. The zero-order valence-electron chi connectivity index (χ0n) is 13.0. The number of nitrogens with zero attached hydrogens (tertiary/aromatic N) is 1. The Balaban J connectivity index is 3.62. The van der Waals surface area contributed by atoms with Gasteiger partial charge < -0.3 is 15.3 Å². The molecule has 9 nitrogen and oxygen atoms in total. The van der Waals surface area contributed by atoms with Gasteiger partial charge in [-0.2, -0.15) is 5.23 Å². The number of rotatable bonds is 7. The van der Waals surface area contributed by atoms with Gasteiger partial charge in [0, 0.05) is 19.1 Å². The molecule has 128 valence electrons. The Kier molecular flexibility index (Phi) is 6.10. The number of quaternary nitrogens is 1. The largest absolute Gasteiger partial charge is 0.595 e. The van der Waals surface area contributed by atoms with Gasteiger partial charge in [0.25, 0.3) is 0 Å². The van der Waals surface area contributed by atoms with Crippen molar-refractivity contribution in [3.63, 3.8) is 0 Å². The SMILES string of the molecule is C=CCN(c1cc(OC)c(NC(C)=O)cc1[NH+]([O-])O)S(C)(=O)=O. The predicted molar refractivity (Wildman–Crippen MR) is 85.5 cm³/mol. The zero-order valence-corrected chi connectivity index (χ0v) is 13.8. The predicted octanol–water partition coefficient (Wildman–Crippen LogP) is 0.00900. The van der Waals surface area contributed by atoms with Crippen LogP contribution in [0.15, 0.2) is 24.8 Å². The van der Waals surface area contributed by atoms with Gasteiger partial charge in [0.05, 0.1) is 25.6 Å². The number of ether oxygens (including phenoxy) is 1. The summed E-state index contributed by atoms with van der Waals surface area (Å²) in [6, 6.07) is 2.40. The number of methoxy groups -OCH3 is 1. The van der Waals surface area contributed by atoms with Crippen molar-refractivity contribution in [3.05, 3.63) is 30.0 Å². The number of benzene rings is 1. The maximum Gasteiger partial charge on any atom is 0.232 e. The van der Waals surface area contributed by atoms with Crippen LogP contribution in [-0.4, -0.2) is 39.4 Å². The molecule has 23 heavy (non-hydrogen) atoms. The number of anilines is 2. The number of carbonyl (C=O) groups is 1. The molecule has 0 aliphatic rings. The first-order chi connectivity index (χ1) is 10.6. The lowest BCUT2D eigenvalue weighted by Crippen LogP contribution is -2.99. The number of hydrogen-bond donors (Lipinski definition) is 3. The molecule has 1 aromatic carbocycles. The topological polar surface area (TPSA) is 123 Å². The van der Waals surface area contributed by atoms with Crippen LogP contribution in [0.3, 0.4) is 0 Å². The normalized spacial score (nSPS) is 12.4. The summed E-state index contributed by atoms with van der Waals surface area (Å²) in [5.41, 5.74) is -0.235. The van der Waals surface area contributed by atoms with E-state index < -0.39 is 21.2 Å². The number of nitrogens with one attached hydrogen (secondary N) is 2. The lowest BCUT2D eigenvalue weighted by Gasteiger charge is -2.26. The van der Waals surface area contributed by atoms with Crippen LogP contribution in [0.2, 0.25) is 0 Å². The Labute approximate surface area is 134 Å². The average molecular weight is 345 g/mol. The fourth-order valence-electron chi connectivity index (χ4n) is 1.93. The average Bonchev–Trinajstić information content (AvgIpc) is 2.42. The summed E-state index contributed by atoms with van der Waals surface area (Å²) in [4.78, 5) is 11.2. The van der Waals surface area contributed by atoms with Gasteiger partial charge in [-0.05, 0) is 0 Å². The van der Waals surface area contributed by atoms with Crippen molar-refractivity contribution in [1.29, 1.82) is 0 Å². The lowest BCUT2D eigenvalue weighted by molar-refractivity contribution is -0.990. The van der Waals surface area contributed by atoms with E-state index in [1.807, 2.05) is 0 Å². The number of sulfonamides is 1. The summed E-state index contributed by atoms with van der Waals surface area (Å²) < 4.78 is 29.9. The summed E-state index contributed by atoms with van der Waals surface area (Å²) >= 11 is 0. The quantitative estimate of drug-likeness (QED) is 0.472. The van der Waals surface area contributed by atoms with Gasteiger partial charge in [-0.25, -0.2) is 13.6 Å². The highest BCUT2D eigenvalue weighted by Crippen LogP contribution is 2.36. The van der Waals surface area contributed by atoms with Crippen molar-refractivity contribution in [1.82, 2.24) is 0 Å². The highest BCUT2D eigenvalue weighted by Gasteiger charge is 2.25. The van der Waals surface area contributed by atoms with Crippen molar-refractivity contribution in [2.24, 2.45) is 0 Å². The van der Waals surface area contributed by atoms with Gasteiger partial charge >= 0.3 is 0 Å². The molecule has 1 atom stereocenters. The summed E-state index contributed by atoms with van der Waals surface area (Å²) in [5, 5.41) is 22.0. The molecule has 0 bridgehead atoms. The van der Waals surface area contributed by atoms with E-state index in [0.717, 1.165) is 16.6 Å². The van der Waals surface area contributed by atoms with E-state index in [0.29, 0.717) is 0 Å². The molecule has 0 radical (unpaired) electrons. The molecule has 1 amide bonds. The number of amides is 1. The Morgan fingerprint density at radius 2 is 2.17 bits per heavy atom. The molecule has 0 aliphatic carbocycles. The number of carbonyl (C=O) groups excluding carboxylic acids is 1. The summed E-state index contributed by atoms with van der Waals surface area (Å²) in [7, 11) is -2.42. The second-order valence-corrected chi connectivity index (χ2v) is 6.55. The van der Waals surface area contributed by atoms with E-state index in [2.05, 4.69) is 11.9 Å². The summed E-state index contributed by atoms with van der Waals surface area (Å²) in [6.45, 7) is 4.62. The highest BCUT2D eigenvalue weighted by atomic mass is 32.2. The van der Waals surface area contributed by atoms with Crippen LogP contribution in [0.5, 0.6) is 5.75 Å². The van der Waals surface area contributed by atoms with Crippen LogP contribution in [0.25, 0.3) is 0 Å². The fourth-order valence-corrected chi connectivity index (χ4v) is 2.82. The third-order valence-corrected chi connectivity index (χ3v) is 3.97. The van der Waals surface area contributed by atoms with E-state index in [1.165, 1.54) is 26.2 Å². The molecule has 1 aromatic rings. The van der Waals surface area contributed by atoms with Crippen molar-refractivity contribution in [3.8, 4) is 5.75 Å². The molecule has 3 N–H and O–H groups in total. The Hall–Kier alpha value is -2.14. The summed E-state index contributed by atoms with van der Waals surface area (Å²) in [6.07, 6.45) is 2.29. The highest BCUT2D eigenvalue weighted by molar-refractivity contribution is 7.92. The first-order valence-corrected chi connectivity index (χ1v) is 8.28. The van der Waals surface area contributed by atoms with Crippen LogP contribution in [0, 0.1) is 5.21 Å². The molecule has 0 saturated heterocycles. The Bertz CT molecular complexity index is 702. The van der Waals surface area contributed by atoms with Crippen molar-refractivity contribution in [2.45, 2.75) is 6.92 Å². The molecule has 0 saturated carbocycles. The van der Waals surface area contributed by atoms with Crippen LogP contribution in [0.1, 0.15) is 6.92 Å². The third-order valence-electron chi connectivity index (χ3n) is 2.82. The van der Waals surface area contributed by atoms with E-state index >= 15 is 0 Å². The molecule has 0 spiro atoms. The maximum atomic E-state index is 11.9. The second kappa shape index (κ2) is 7.42. The van der Waals surface area contributed by atoms with Crippen LogP contribution < -0.4 is 19.6 Å². The van der Waals surface area contributed by atoms with Gasteiger partial charge in [-0.15, -0.1) is 6.58 Å². The Morgan fingerprint density at radius 3 is 2.57 bits per heavy atom. The van der Waals surface area contributed by atoms with Gasteiger partial charge in [-0.3, -0.25) is 9.10 Å². The number of hydrogen-bond acceptors (Lipinski definition) is 6. The molecule has 0 aliphatic heterocycles. The first-order valence-electron chi connectivity index (χ1n) is 6.43. The molecule has 1 unspecified atom stereocenters. The van der Waals surface area contributed by atoms with Crippen LogP contribution in [0.4, 0.5) is 17.1 Å². The van der Waals surface area contributed by atoms with Crippen molar-refractivity contribution in [2.75, 3.05) is 29.5 Å². The van der Waals surface area contributed by atoms with Gasteiger partial charge in [0.2, 0.25) is 15.9 Å². The van der Waals surface area contributed by atoms with Gasteiger partial charge in [0.15, 0.2) is 5.69 Å². The zero-order chi connectivity index (χ0) is 17.8. The minimum Gasteiger partial charge on any atom is -0.595 e. The van der Waals surface area contributed by atoms with Crippen LogP contribution in [-0.2, 0) is 14.8 Å². The third kappa shape index (κ3) is 4.66. The fraction of sp³-hybridized carbons (Fsp3) is 0.308. The van der Waals surface area contributed by atoms with E-state index in [9.17, 15) is 23.6 Å². The van der Waals surface area contributed by atoms with Gasteiger partial charge in [-0.1, -0.05) is 6.08 Å². The Morgan fingerprint density at radius 1 is 1.57 bits per heavy atom. The molecule has 0 aromatic heterocycles. The minimum atomic E-state index is -3.74. The first kappa shape index (κ1) is 18.9. The monoisotopic (exact) mass is 345 g/mol.